The number of halogens is 2. The Hall–Kier alpha value is -1.80. The molecule has 5 nitrogen and oxygen atoms in total. The van der Waals surface area contributed by atoms with Crippen molar-refractivity contribution in [1.82, 2.24) is 0 Å². The molecule has 0 radical (unpaired) electrons. The van der Waals surface area contributed by atoms with Crippen molar-refractivity contribution in [3.63, 3.8) is 0 Å². The van der Waals surface area contributed by atoms with Crippen LogP contribution in [0.1, 0.15) is 38.2 Å². The van der Waals surface area contributed by atoms with E-state index in [1.165, 1.54) is 37.3 Å². The number of aryl methyl sites for hydroxylation is 1. The van der Waals surface area contributed by atoms with Gasteiger partial charge in [0.1, 0.15) is 0 Å². The monoisotopic (exact) mass is 388 g/mol. The summed E-state index contributed by atoms with van der Waals surface area (Å²) in [5.74, 6) is -5.91. The van der Waals surface area contributed by atoms with Gasteiger partial charge in [0.2, 0.25) is 0 Å². The highest BCUT2D eigenvalue weighted by molar-refractivity contribution is 7.86. The summed E-state index contributed by atoms with van der Waals surface area (Å²) in [7, 11) is -4.49. The molecular weight excluding hydrogens is 366 g/mol. The fourth-order valence-corrected chi connectivity index (χ4v) is 3.76. The SMILES string of the molecule is CCOC(=O)C(F)(F)C(OS(=O)(=O)c1ccc(C)cc1)C1=CCCCC1. The number of carbonyl (C=O) groups is 1. The summed E-state index contributed by atoms with van der Waals surface area (Å²) in [4.78, 5) is 11.5. The van der Waals surface area contributed by atoms with Crippen molar-refractivity contribution in [2.75, 3.05) is 6.61 Å². The number of alkyl halides is 2. The van der Waals surface area contributed by atoms with Gasteiger partial charge in [0.15, 0.2) is 6.10 Å². The van der Waals surface area contributed by atoms with Crippen molar-refractivity contribution < 1.29 is 30.9 Å². The van der Waals surface area contributed by atoms with E-state index in [9.17, 15) is 22.0 Å². The fraction of sp³-hybridized carbons (Fsp3) is 0.500. The van der Waals surface area contributed by atoms with Gasteiger partial charge in [-0.1, -0.05) is 23.8 Å². The third kappa shape index (κ3) is 4.67. The van der Waals surface area contributed by atoms with Crippen LogP contribution in [0.15, 0.2) is 40.8 Å². The number of benzene rings is 1. The first-order valence-corrected chi connectivity index (χ1v) is 9.83. The molecule has 0 aromatic heterocycles. The van der Waals surface area contributed by atoms with E-state index in [1.807, 2.05) is 0 Å². The Morgan fingerprint density at radius 1 is 1.23 bits per heavy atom. The molecule has 0 aliphatic heterocycles. The van der Waals surface area contributed by atoms with Gasteiger partial charge in [0.25, 0.3) is 10.1 Å². The van der Waals surface area contributed by atoms with Crippen LogP contribution in [0.4, 0.5) is 8.78 Å². The van der Waals surface area contributed by atoms with E-state index >= 15 is 0 Å². The van der Waals surface area contributed by atoms with Gasteiger partial charge >= 0.3 is 11.9 Å². The van der Waals surface area contributed by atoms with Crippen LogP contribution in [0, 0.1) is 6.92 Å². The van der Waals surface area contributed by atoms with Crippen molar-refractivity contribution in [3.05, 3.63) is 41.5 Å². The molecule has 0 bridgehead atoms. The summed E-state index contributed by atoms with van der Waals surface area (Å²) in [5, 5.41) is 0. The van der Waals surface area contributed by atoms with Crippen LogP contribution in [0.3, 0.4) is 0 Å². The van der Waals surface area contributed by atoms with E-state index in [0.29, 0.717) is 12.8 Å². The molecule has 144 valence electrons. The molecule has 0 N–H and O–H groups in total. The minimum Gasteiger partial charge on any atom is -0.461 e. The first-order chi connectivity index (χ1) is 12.2. The van der Waals surface area contributed by atoms with Crippen LogP contribution in [0.25, 0.3) is 0 Å². The van der Waals surface area contributed by atoms with Crippen molar-refractivity contribution in [1.29, 1.82) is 0 Å². The van der Waals surface area contributed by atoms with Gasteiger partial charge in [0, 0.05) is 0 Å². The van der Waals surface area contributed by atoms with Crippen LogP contribution in [0.2, 0.25) is 0 Å². The van der Waals surface area contributed by atoms with Crippen molar-refractivity contribution in [3.8, 4) is 0 Å². The third-order valence-electron chi connectivity index (χ3n) is 4.07. The zero-order valence-electron chi connectivity index (χ0n) is 14.7. The molecule has 0 saturated heterocycles. The van der Waals surface area contributed by atoms with E-state index in [4.69, 9.17) is 4.18 Å². The van der Waals surface area contributed by atoms with Gasteiger partial charge in [-0.3, -0.25) is 4.18 Å². The number of carbonyl (C=O) groups excluding carboxylic acids is 1. The highest BCUT2D eigenvalue weighted by Crippen LogP contribution is 2.35. The Labute approximate surface area is 152 Å². The quantitative estimate of drug-likeness (QED) is 0.404. The van der Waals surface area contributed by atoms with E-state index in [0.717, 1.165) is 12.0 Å². The Morgan fingerprint density at radius 3 is 2.42 bits per heavy atom. The predicted molar refractivity (Wildman–Crippen MR) is 91.4 cm³/mol. The second-order valence-electron chi connectivity index (χ2n) is 6.11. The molecule has 1 unspecified atom stereocenters. The zero-order chi connectivity index (χ0) is 19.4. The molecule has 0 amide bonds. The average molecular weight is 388 g/mol. The lowest BCUT2D eigenvalue weighted by Gasteiger charge is -2.28. The van der Waals surface area contributed by atoms with Gasteiger partial charge in [-0.15, -0.1) is 0 Å². The van der Waals surface area contributed by atoms with Crippen molar-refractivity contribution >= 4 is 16.1 Å². The van der Waals surface area contributed by atoms with Crippen LogP contribution in [-0.2, 0) is 23.8 Å². The second-order valence-corrected chi connectivity index (χ2v) is 7.68. The number of allylic oxidation sites excluding steroid dienone is 1. The van der Waals surface area contributed by atoms with E-state index in [-0.39, 0.29) is 23.5 Å². The molecule has 8 heteroatoms. The largest absolute Gasteiger partial charge is 0.461 e. The maximum absolute atomic E-state index is 14.7. The van der Waals surface area contributed by atoms with Gasteiger partial charge < -0.3 is 4.74 Å². The Morgan fingerprint density at radius 2 is 1.88 bits per heavy atom. The lowest BCUT2D eigenvalue weighted by atomic mass is 9.92. The van der Waals surface area contributed by atoms with Gasteiger partial charge in [-0.05, 0) is 57.2 Å². The van der Waals surface area contributed by atoms with Gasteiger partial charge in [0.05, 0.1) is 11.5 Å². The maximum atomic E-state index is 14.7. The molecule has 2 rings (SSSR count). The van der Waals surface area contributed by atoms with E-state index in [2.05, 4.69) is 4.74 Å². The molecule has 1 aromatic rings. The molecule has 26 heavy (non-hydrogen) atoms. The molecule has 0 heterocycles. The Balaban J connectivity index is 2.39. The number of rotatable bonds is 7. The predicted octanol–water partition coefficient (Wildman–Crippen LogP) is 3.77. The highest BCUT2D eigenvalue weighted by Gasteiger charge is 2.53. The number of hydrogen-bond acceptors (Lipinski definition) is 5. The lowest BCUT2D eigenvalue weighted by Crippen LogP contribution is -2.46. The molecule has 1 atom stereocenters. The molecule has 1 aliphatic carbocycles. The summed E-state index contributed by atoms with van der Waals surface area (Å²) in [6, 6.07) is 5.63. The number of ether oxygens (including phenoxy) is 1. The van der Waals surface area contributed by atoms with Crippen molar-refractivity contribution in [2.45, 2.75) is 56.5 Å². The summed E-state index contributed by atoms with van der Waals surface area (Å²) in [5.41, 5.74) is 0.914. The average Bonchev–Trinajstić information content (AvgIpc) is 2.61. The summed E-state index contributed by atoms with van der Waals surface area (Å²) in [6.45, 7) is 2.92. The third-order valence-corrected chi connectivity index (χ3v) is 5.37. The van der Waals surface area contributed by atoms with Crippen LogP contribution >= 0.6 is 0 Å². The van der Waals surface area contributed by atoms with E-state index < -0.39 is 28.1 Å². The molecule has 1 aromatic carbocycles. The Kier molecular flexibility index (Phi) is 6.52. The minimum atomic E-state index is -4.49. The smallest absolute Gasteiger partial charge is 0.380 e. The highest BCUT2D eigenvalue weighted by atomic mass is 32.2. The lowest BCUT2D eigenvalue weighted by molar-refractivity contribution is -0.182. The zero-order valence-corrected chi connectivity index (χ0v) is 15.5. The molecule has 1 aliphatic rings. The summed E-state index contributed by atoms with van der Waals surface area (Å²) in [6.07, 6.45) is 1.50. The Bertz CT molecular complexity index is 769. The normalized spacial score (nSPS) is 16.7. The van der Waals surface area contributed by atoms with Crippen LogP contribution in [-0.4, -0.2) is 33.0 Å². The topological polar surface area (TPSA) is 69.7 Å². The summed E-state index contributed by atoms with van der Waals surface area (Å²) >= 11 is 0. The molecular formula is C18H22F2O5S. The minimum absolute atomic E-state index is 0.102. The molecule has 0 fully saturated rings. The van der Waals surface area contributed by atoms with E-state index in [1.54, 1.807) is 6.92 Å². The van der Waals surface area contributed by atoms with Crippen molar-refractivity contribution in [2.24, 2.45) is 0 Å². The standard InChI is InChI=1S/C18H22F2O5S/c1-3-24-17(21)18(19,20)16(14-7-5-4-6-8-14)25-26(22,23)15-11-9-13(2)10-12-15/h7,9-12,16H,3-6,8H2,1-2H3. The number of esters is 1. The maximum Gasteiger partial charge on any atom is 0.380 e. The first kappa shape index (κ1) is 20.5. The van der Waals surface area contributed by atoms with Gasteiger partial charge in [-0.2, -0.15) is 17.2 Å². The van der Waals surface area contributed by atoms with Crippen LogP contribution in [0.5, 0.6) is 0 Å². The number of hydrogen-bond donors (Lipinski definition) is 0. The first-order valence-electron chi connectivity index (χ1n) is 8.42. The van der Waals surface area contributed by atoms with Crippen LogP contribution < -0.4 is 0 Å². The summed E-state index contributed by atoms with van der Waals surface area (Å²) < 4.78 is 63.6. The molecule has 0 saturated carbocycles. The van der Waals surface area contributed by atoms with Gasteiger partial charge in [-0.25, -0.2) is 4.79 Å². The molecule has 0 spiro atoms. The fourth-order valence-electron chi connectivity index (χ4n) is 2.68. The second kappa shape index (κ2) is 8.26.